The molecule has 25 heavy (non-hydrogen) atoms. The lowest BCUT2D eigenvalue weighted by atomic mass is 10.3. The Hall–Kier alpha value is -1.77. The van der Waals surface area contributed by atoms with Gasteiger partial charge in [-0.05, 0) is 30.3 Å². The lowest BCUT2D eigenvalue weighted by molar-refractivity contribution is -0.113. The summed E-state index contributed by atoms with van der Waals surface area (Å²) >= 11 is 1.52. The SMILES string of the molecule is CC(C)(C)SCC(=O)Nc1cccc(S(=O)(=O)NCc2ccco2)c1. The Kier molecular flexibility index (Phi) is 6.31. The Labute approximate surface area is 152 Å². The second-order valence-electron chi connectivity index (χ2n) is 6.38. The molecule has 1 heterocycles. The van der Waals surface area contributed by atoms with Gasteiger partial charge in [0.25, 0.3) is 0 Å². The zero-order chi connectivity index (χ0) is 18.5. The van der Waals surface area contributed by atoms with Crippen LogP contribution < -0.4 is 10.0 Å². The molecule has 1 amide bonds. The number of benzene rings is 1. The van der Waals surface area contributed by atoms with Crippen molar-refractivity contribution in [1.82, 2.24) is 4.72 Å². The van der Waals surface area contributed by atoms with Gasteiger partial charge in [0, 0.05) is 10.4 Å². The van der Waals surface area contributed by atoms with Gasteiger partial charge in [0.2, 0.25) is 15.9 Å². The van der Waals surface area contributed by atoms with Gasteiger partial charge < -0.3 is 9.73 Å². The Morgan fingerprint density at radius 3 is 2.60 bits per heavy atom. The maximum Gasteiger partial charge on any atom is 0.241 e. The molecule has 2 aromatic rings. The number of carbonyl (C=O) groups excluding carboxylic acids is 1. The van der Waals surface area contributed by atoms with Crippen molar-refractivity contribution in [3.8, 4) is 0 Å². The van der Waals surface area contributed by atoms with Crippen LogP contribution in [0.15, 0.2) is 52.0 Å². The van der Waals surface area contributed by atoms with Crippen LogP contribution in [0.3, 0.4) is 0 Å². The predicted octanol–water partition coefficient (Wildman–Crippen LogP) is 3.23. The molecule has 0 fully saturated rings. The number of sulfonamides is 1. The summed E-state index contributed by atoms with van der Waals surface area (Å²) in [6.07, 6.45) is 1.48. The van der Waals surface area contributed by atoms with Crippen LogP contribution in [-0.2, 0) is 21.4 Å². The monoisotopic (exact) mass is 382 g/mol. The fourth-order valence-corrected chi connectivity index (χ4v) is 3.56. The van der Waals surface area contributed by atoms with Gasteiger partial charge in [-0.2, -0.15) is 0 Å². The second-order valence-corrected chi connectivity index (χ2v) is 9.95. The van der Waals surface area contributed by atoms with E-state index in [9.17, 15) is 13.2 Å². The van der Waals surface area contributed by atoms with Crippen molar-refractivity contribution in [2.45, 2.75) is 37.0 Å². The van der Waals surface area contributed by atoms with E-state index in [0.29, 0.717) is 17.2 Å². The molecule has 1 aromatic carbocycles. The van der Waals surface area contributed by atoms with E-state index in [4.69, 9.17) is 4.42 Å². The standard InChI is InChI=1S/C17H22N2O4S2/c1-17(2,3)24-12-16(20)19-13-6-4-8-15(10-13)25(21,22)18-11-14-7-5-9-23-14/h4-10,18H,11-12H2,1-3H3,(H,19,20). The van der Waals surface area contributed by atoms with Gasteiger partial charge in [-0.15, -0.1) is 11.8 Å². The Morgan fingerprint density at radius 2 is 1.96 bits per heavy atom. The van der Waals surface area contributed by atoms with E-state index in [0.717, 1.165) is 0 Å². The lowest BCUT2D eigenvalue weighted by Gasteiger charge is -2.17. The summed E-state index contributed by atoms with van der Waals surface area (Å²) in [5, 5.41) is 2.73. The third-order valence-electron chi connectivity index (χ3n) is 3.08. The molecule has 2 N–H and O–H groups in total. The van der Waals surface area contributed by atoms with Crippen molar-refractivity contribution in [2.24, 2.45) is 0 Å². The molecule has 0 unspecified atom stereocenters. The number of anilines is 1. The van der Waals surface area contributed by atoms with Gasteiger partial charge in [0.1, 0.15) is 5.76 Å². The maximum atomic E-state index is 12.4. The Morgan fingerprint density at radius 1 is 1.20 bits per heavy atom. The van der Waals surface area contributed by atoms with E-state index in [1.54, 1.807) is 24.3 Å². The predicted molar refractivity (Wildman–Crippen MR) is 100 cm³/mol. The number of rotatable bonds is 7. The fourth-order valence-electron chi connectivity index (χ4n) is 1.88. The largest absolute Gasteiger partial charge is 0.468 e. The van der Waals surface area contributed by atoms with E-state index >= 15 is 0 Å². The molecule has 136 valence electrons. The van der Waals surface area contributed by atoms with Crippen molar-refractivity contribution in [3.05, 3.63) is 48.4 Å². The van der Waals surface area contributed by atoms with Crippen LogP contribution in [0, 0.1) is 0 Å². The molecule has 1 aromatic heterocycles. The average molecular weight is 383 g/mol. The van der Waals surface area contributed by atoms with Crippen molar-refractivity contribution in [3.63, 3.8) is 0 Å². The highest BCUT2D eigenvalue weighted by Gasteiger charge is 2.16. The first kappa shape index (κ1) is 19.6. The topological polar surface area (TPSA) is 88.4 Å². The molecule has 0 saturated carbocycles. The molecule has 0 aliphatic carbocycles. The van der Waals surface area contributed by atoms with Gasteiger partial charge in [-0.1, -0.05) is 26.8 Å². The minimum Gasteiger partial charge on any atom is -0.468 e. The summed E-state index contributed by atoms with van der Waals surface area (Å²) in [6.45, 7) is 6.16. The van der Waals surface area contributed by atoms with Crippen LogP contribution in [0.1, 0.15) is 26.5 Å². The molecule has 0 spiro atoms. The molecule has 6 nitrogen and oxygen atoms in total. The molecular formula is C17H22N2O4S2. The van der Waals surface area contributed by atoms with Crippen molar-refractivity contribution in [2.75, 3.05) is 11.1 Å². The summed E-state index contributed by atoms with van der Waals surface area (Å²) in [6, 6.07) is 9.54. The smallest absolute Gasteiger partial charge is 0.241 e. The van der Waals surface area contributed by atoms with Crippen molar-refractivity contribution in [1.29, 1.82) is 0 Å². The van der Waals surface area contributed by atoms with Crippen LogP contribution in [-0.4, -0.2) is 24.8 Å². The molecule has 0 aliphatic rings. The van der Waals surface area contributed by atoms with Gasteiger partial charge in [0.05, 0.1) is 23.5 Å². The second kappa shape index (κ2) is 8.07. The van der Waals surface area contributed by atoms with Crippen LogP contribution in [0.25, 0.3) is 0 Å². The molecule has 0 saturated heterocycles. The number of nitrogens with one attached hydrogen (secondary N) is 2. The van der Waals surface area contributed by atoms with Crippen LogP contribution in [0.2, 0.25) is 0 Å². The van der Waals surface area contributed by atoms with Crippen LogP contribution in [0.4, 0.5) is 5.69 Å². The highest BCUT2D eigenvalue weighted by Crippen LogP contribution is 2.23. The normalized spacial score (nSPS) is 12.1. The van der Waals surface area contributed by atoms with Crippen LogP contribution in [0.5, 0.6) is 0 Å². The van der Waals surface area contributed by atoms with Gasteiger partial charge in [-0.25, -0.2) is 13.1 Å². The number of thioether (sulfide) groups is 1. The van der Waals surface area contributed by atoms with E-state index < -0.39 is 10.0 Å². The van der Waals surface area contributed by atoms with E-state index in [2.05, 4.69) is 10.0 Å². The number of amides is 1. The highest BCUT2D eigenvalue weighted by atomic mass is 32.2. The molecule has 2 rings (SSSR count). The van der Waals surface area contributed by atoms with E-state index in [1.807, 2.05) is 20.8 Å². The molecule has 0 radical (unpaired) electrons. The fraction of sp³-hybridized carbons (Fsp3) is 0.353. The maximum absolute atomic E-state index is 12.4. The van der Waals surface area contributed by atoms with Gasteiger partial charge in [-0.3, -0.25) is 4.79 Å². The Balaban J connectivity index is 2.01. The lowest BCUT2D eigenvalue weighted by Crippen LogP contribution is -2.23. The van der Waals surface area contributed by atoms with Crippen molar-refractivity contribution < 1.29 is 17.6 Å². The quantitative estimate of drug-likeness (QED) is 0.767. The minimum atomic E-state index is -3.70. The molecule has 8 heteroatoms. The summed E-state index contributed by atoms with van der Waals surface area (Å²) in [7, 11) is -3.70. The molecule has 0 bridgehead atoms. The zero-order valence-electron chi connectivity index (χ0n) is 14.4. The Bertz CT molecular complexity index is 809. The first-order valence-corrected chi connectivity index (χ1v) is 10.2. The minimum absolute atomic E-state index is 0.0156. The zero-order valence-corrected chi connectivity index (χ0v) is 16.0. The molecular weight excluding hydrogens is 360 g/mol. The first-order valence-electron chi connectivity index (χ1n) is 7.72. The first-order chi connectivity index (χ1) is 11.7. The summed E-state index contributed by atoms with van der Waals surface area (Å²) in [5.74, 6) is 0.655. The molecule has 0 atom stereocenters. The average Bonchev–Trinajstić information content (AvgIpc) is 3.04. The summed E-state index contributed by atoms with van der Waals surface area (Å²) in [4.78, 5) is 12.1. The number of carbonyl (C=O) groups is 1. The highest BCUT2D eigenvalue weighted by molar-refractivity contribution is 8.01. The third kappa shape index (κ3) is 6.56. The number of hydrogen-bond acceptors (Lipinski definition) is 5. The van der Waals surface area contributed by atoms with E-state index in [-0.39, 0.29) is 22.1 Å². The molecule has 0 aliphatic heterocycles. The van der Waals surface area contributed by atoms with Crippen LogP contribution >= 0.6 is 11.8 Å². The van der Waals surface area contributed by atoms with Gasteiger partial charge >= 0.3 is 0 Å². The van der Waals surface area contributed by atoms with Crippen molar-refractivity contribution >= 4 is 33.4 Å². The van der Waals surface area contributed by atoms with Gasteiger partial charge in [0.15, 0.2) is 0 Å². The summed E-state index contributed by atoms with van der Waals surface area (Å²) < 4.78 is 32.3. The summed E-state index contributed by atoms with van der Waals surface area (Å²) in [5.41, 5.74) is 0.445. The van der Waals surface area contributed by atoms with E-state index in [1.165, 1.54) is 30.2 Å². The number of furan rings is 1. The number of hydrogen-bond donors (Lipinski definition) is 2. The third-order valence-corrected chi connectivity index (χ3v) is 5.75.